The maximum absolute atomic E-state index is 12.7. The number of hydrogen-bond donors (Lipinski definition) is 0. The van der Waals surface area contributed by atoms with Gasteiger partial charge >= 0.3 is 5.97 Å². The number of methoxy groups -OCH3 is 1. The fourth-order valence-electron chi connectivity index (χ4n) is 3.72. The molecule has 0 atom stereocenters. The van der Waals surface area contributed by atoms with Gasteiger partial charge in [-0.2, -0.15) is 0 Å². The van der Waals surface area contributed by atoms with Gasteiger partial charge in [0.25, 0.3) is 0 Å². The normalized spacial score (nSPS) is 11.5. The molecule has 12 heteroatoms. The van der Waals surface area contributed by atoms with Gasteiger partial charge in [0.2, 0.25) is 0 Å². The third-order valence-electron chi connectivity index (χ3n) is 5.40. The molecule has 5 aromatic rings. The van der Waals surface area contributed by atoms with E-state index in [9.17, 15) is 4.79 Å². The molecular formula is C25H12Cl5N3O4. The van der Waals surface area contributed by atoms with Crippen LogP contribution in [0.5, 0.6) is 0 Å². The van der Waals surface area contributed by atoms with Crippen LogP contribution in [0.2, 0.25) is 25.2 Å². The first-order valence-electron chi connectivity index (χ1n) is 10.4. The molecule has 37 heavy (non-hydrogen) atoms. The Labute approximate surface area is 234 Å². The van der Waals surface area contributed by atoms with Crippen LogP contribution >= 0.6 is 58.0 Å². The van der Waals surface area contributed by atoms with E-state index in [4.69, 9.17) is 71.8 Å². The number of fused-ring (bicyclic) bond motifs is 1. The number of nitrogens with zero attached hydrogens (tertiary/aromatic N) is 3. The highest BCUT2D eigenvalue weighted by molar-refractivity contribution is 6.41. The van der Waals surface area contributed by atoms with Gasteiger partial charge in [-0.05, 0) is 36.4 Å². The summed E-state index contributed by atoms with van der Waals surface area (Å²) >= 11 is 31.8. The highest BCUT2D eigenvalue weighted by Crippen LogP contribution is 2.41. The molecule has 7 nitrogen and oxygen atoms in total. The molecule has 186 valence electrons. The van der Waals surface area contributed by atoms with E-state index in [2.05, 4.69) is 15.3 Å². The molecule has 3 aromatic heterocycles. The number of aromatic nitrogens is 3. The van der Waals surface area contributed by atoms with Crippen molar-refractivity contribution in [3.8, 4) is 22.5 Å². The van der Waals surface area contributed by atoms with Crippen LogP contribution in [-0.4, -0.2) is 28.4 Å². The molecule has 0 aliphatic rings. The first-order chi connectivity index (χ1) is 17.8. The zero-order valence-corrected chi connectivity index (χ0v) is 22.3. The molecule has 0 N–H and O–H groups in total. The molecule has 0 spiro atoms. The Bertz CT molecular complexity index is 1670. The van der Waals surface area contributed by atoms with E-state index in [1.165, 1.54) is 19.4 Å². The molecule has 0 unspecified atom stereocenters. The lowest BCUT2D eigenvalue weighted by Gasteiger charge is -2.05. The number of carbonyl (C=O) groups is 1. The fourth-order valence-corrected chi connectivity index (χ4v) is 5.09. The Kier molecular flexibility index (Phi) is 7.16. The van der Waals surface area contributed by atoms with Gasteiger partial charge in [0.1, 0.15) is 22.1 Å². The largest absolute Gasteiger partial charge is 0.465 e. The number of hydrogen-bond acceptors (Lipinski definition) is 7. The van der Waals surface area contributed by atoms with Crippen molar-refractivity contribution in [3.05, 3.63) is 84.7 Å². The van der Waals surface area contributed by atoms with Crippen LogP contribution in [0.3, 0.4) is 0 Å². The Morgan fingerprint density at radius 2 is 1.41 bits per heavy atom. The number of rotatable bonds is 5. The van der Waals surface area contributed by atoms with E-state index in [1.54, 1.807) is 42.5 Å². The number of pyridine rings is 1. The number of carbonyl (C=O) groups excluding carboxylic acids is 1. The average molecular weight is 596 g/mol. The Morgan fingerprint density at radius 3 is 2.00 bits per heavy atom. The standard InChI is InChI=1S/C25H12Cl5N3O4/c1-35-25(34)19-16(36-32-21(19)17-12(26)4-2-5-13(17)27)9-8-11-10-31-24(30)20-22(33-37-23(11)20)18-14(28)6-3-7-15(18)29/h2-10H,1H3/b9-8+. The topological polar surface area (TPSA) is 91.2 Å². The summed E-state index contributed by atoms with van der Waals surface area (Å²) in [5.41, 5.74) is 2.09. The minimum absolute atomic E-state index is 0.0352. The SMILES string of the molecule is COC(=O)c1c(-c2c(Cl)cccc2Cl)noc1/C=C/c1cnc(Cl)c2c(-c3c(Cl)cccc3Cl)noc12. The van der Waals surface area contributed by atoms with Gasteiger partial charge < -0.3 is 13.8 Å². The van der Waals surface area contributed by atoms with Crippen molar-refractivity contribution in [1.29, 1.82) is 0 Å². The molecule has 0 bridgehead atoms. The molecule has 0 aliphatic heterocycles. The van der Waals surface area contributed by atoms with E-state index in [0.717, 1.165) is 0 Å². The zero-order chi connectivity index (χ0) is 26.3. The van der Waals surface area contributed by atoms with Gasteiger partial charge in [0, 0.05) is 22.9 Å². The summed E-state index contributed by atoms with van der Waals surface area (Å²) in [6.07, 6.45) is 4.58. The number of ether oxygens (including phenoxy) is 1. The Balaban J connectivity index is 1.63. The quantitative estimate of drug-likeness (QED) is 0.148. The monoisotopic (exact) mass is 593 g/mol. The van der Waals surface area contributed by atoms with Crippen molar-refractivity contribution >= 4 is 87.1 Å². The molecular weight excluding hydrogens is 584 g/mol. The molecule has 3 heterocycles. The van der Waals surface area contributed by atoms with Crippen LogP contribution in [0.25, 0.3) is 45.6 Å². The van der Waals surface area contributed by atoms with Gasteiger partial charge in [0.15, 0.2) is 11.3 Å². The van der Waals surface area contributed by atoms with Crippen LogP contribution < -0.4 is 0 Å². The predicted octanol–water partition coefficient (Wildman–Crippen LogP) is 8.77. The molecule has 5 rings (SSSR count). The summed E-state index contributed by atoms with van der Waals surface area (Å²) in [6.45, 7) is 0. The molecule has 2 aromatic carbocycles. The summed E-state index contributed by atoms with van der Waals surface area (Å²) in [6, 6.07) is 9.98. The Hall–Kier alpha value is -3.07. The molecule has 0 saturated heterocycles. The first kappa shape index (κ1) is 25.6. The van der Waals surface area contributed by atoms with Gasteiger partial charge in [-0.1, -0.05) is 80.5 Å². The zero-order valence-electron chi connectivity index (χ0n) is 18.6. The van der Waals surface area contributed by atoms with Gasteiger partial charge in [-0.25, -0.2) is 9.78 Å². The highest BCUT2D eigenvalue weighted by Gasteiger charge is 2.27. The summed E-state index contributed by atoms with van der Waals surface area (Å²) in [5, 5.41) is 10.0. The number of esters is 1. The fraction of sp³-hybridized carbons (Fsp3) is 0.0400. The second kappa shape index (κ2) is 10.4. The van der Waals surface area contributed by atoms with Crippen LogP contribution in [0.4, 0.5) is 0 Å². The van der Waals surface area contributed by atoms with Crippen molar-refractivity contribution < 1.29 is 18.6 Å². The van der Waals surface area contributed by atoms with Crippen molar-refractivity contribution in [1.82, 2.24) is 15.3 Å². The van der Waals surface area contributed by atoms with E-state index >= 15 is 0 Å². The van der Waals surface area contributed by atoms with Crippen LogP contribution in [0.1, 0.15) is 21.7 Å². The van der Waals surface area contributed by atoms with Crippen LogP contribution in [-0.2, 0) is 4.74 Å². The summed E-state index contributed by atoms with van der Waals surface area (Å²) in [4.78, 5) is 16.9. The summed E-state index contributed by atoms with van der Waals surface area (Å²) < 4.78 is 16.0. The lowest BCUT2D eigenvalue weighted by Crippen LogP contribution is -2.04. The van der Waals surface area contributed by atoms with E-state index in [-0.39, 0.29) is 32.2 Å². The minimum Gasteiger partial charge on any atom is -0.465 e. The first-order valence-corrected chi connectivity index (χ1v) is 12.3. The Morgan fingerprint density at radius 1 is 0.838 bits per heavy atom. The highest BCUT2D eigenvalue weighted by atomic mass is 35.5. The van der Waals surface area contributed by atoms with Crippen LogP contribution in [0, 0.1) is 0 Å². The minimum atomic E-state index is -0.693. The lowest BCUT2D eigenvalue weighted by atomic mass is 10.0. The maximum atomic E-state index is 12.7. The van der Waals surface area contributed by atoms with Crippen LogP contribution in [0.15, 0.2) is 51.6 Å². The van der Waals surface area contributed by atoms with E-state index in [0.29, 0.717) is 43.4 Å². The van der Waals surface area contributed by atoms with Crippen molar-refractivity contribution in [3.63, 3.8) is 0 Å². The van der Waals surface area contributed by atoms with Gasteiger partial charge in [-0.3, -0.25) is 0 Å². The maximum Gasteiger partial charge on any atom is 0.344 e. The van der Waals surface area contributed by atoms with Crippen molar-refractivity contribution in [2.24, 2.45) is 0 Å². The predicted molar refractivity (Wildman–Crippen MR) is 144 cm³/mol. The molecule has 0 saturated carbocycles. The third kappa shape index (κ3) is 4.58. The summed E-state index contributed by atoms with van der Waals surface area (Å²) in [7, 11) is 1.24. The molecule has 0 fully saturated rings. The lowest BCUT2D eigenvalue weighted by molar-refractivity contribution is 0.0600. The molecule has 0 radical (unpaired) electrons. The second-order valence-electron chi connectivity index (χ2n) is 7.53. The number of benzene rings is 2. The van der Waals surface area contributed by atoms with Crippen molar-refractivity contribution in [2.45, 2.75) is 0 Å². The third-order valence-corrected chi connectivity index (χ3v) is 6.95. The molecule has 0 aliphatic carbocycles. The molecule has 0 amide bonds. The smallest absolute Gasteiger partial charge is 0.344 e. The van der Waals surface area contributed by atoms with Gasteiger partial charge in [0.05, 0.1) is 32.6 Å². The number of halogens is 5. The summed E-state index contributed by atoms with van der Waals surface area (Å²) in [5.74, 6) is -0.601. The van der Waals surface area contributed by atoms with E-state index in [1.807, 2.05) is 0 Å². The average Bonchev–Trinajstić information content (AvgIpc) is 3.49. The van der Waals surface area contributed by atoms with Crippen molar-refractivity contribution in [2.75, 3.05) is 7.11 Å². The van der Waals surface area contributed by atoms with E-state index < -0.39 is 5.97 Å². The second-order valence-corrected chi connectivity index (χ2v) is 9.52. The van der Waals surface area contributed by atoms with Gasteiger partial charge in [-0.15, -0.1) is 0 Å².